The standard InChI is InChI=1S/C87H147NO18/c1-3-5-7-9-11-13-15-17-19-21-23-25-27-29-31-32-33-34-35-36-37-38-39-41-43-45-47-49-51-53-55-57-59-61-63-65-75(93)88-70(71(92)64-62-60-58-56-54-52-50-48-46-44-42-40-30-28-26-24-22-20-18-16-14-12-10-8-6-4-2)69-101-85-81(99)78(96)83(73(67-90)103-85)106-87-82(100)79(97)84(74(68-91)104-87)105-86-80(98)77(95)76(94)72(66-89)102-86/h5,7,11,13,17,19,23,25,29,31,33-34,36-37,39,41,46,48,54,56,62,64,70-74,76-87,89-92,94-100H,3-4,6,8-10,12,14-16,18,20-22,24,26-28,30,32,35,38,40,42-45,47,49-53,55,57-61,63,65-69H2,1-2H3,(H,88,93)/b7-5-,13-11-,19-17-,25-23-,31-29-,34-33-,37-36-,41-39-,48-46+,56-54+,64-62+. The van der Waals surface area contributed by atoms with Crippen LogP contribution in [-0.2, 0) is 33.2 Å². The van der Waals surface area contributed by atoms with Crippen molar-refractivity contribution in [1.29, 1.82) is 0 Å². The van der Waals surface area contributed by atoms with Gasteiger partial charge in [-0.1, -0.05) is 295 Å². The summed E-state index contributed by atoms with van der Waals surface area (Å²) in [6.45, 7) is 1.60. The van der Waals surface area contributed by atoms with Crippen molar-refractivity contribution in [2.24, 2.45) is 0 Å². The van der Waals surface area contributed by atoms with Crippen molar-refractivity contribution in [3.8, 4) is 0 Å². The van der Waals surface area contributed by atoms with Crippen molar-refractivity contribution in [2.45, 2.75) is 381 Å². The van der Waals surface area contributed by atoms with E-state index in [0.717, 1.165) is 109 Å². The number of hydrogen-bond acceptors (Lipinski definition) is 18. The van der Waals surface area contributed by atoms with E-state index < -0.39 is 124 Å². The van der Waals surface area contributed by atoms with E-state index in [-0.39, 0.29) is 18.9 Å². The second kappa shape index (κ2) is 65.6. The number of unbranched alkanes of at least 4 members (excludes halogenated alkanes) is 28. The van der Waals surface area contributed by atoms with Gasteiger partial charge in [0.2, 0.25) is 5.91 Å². The Bertz CT molecular complexity index is 2440. The van der Waals surface area contributed by atoms with Crippen molar-refractivity contribution in [3.63, 3.8) is 0 Å². The number of allylic oxidation sites excluding steroid dienone is 21. The zero-order chi connectivity index (χ0) is 76.7. The molecule has 3 saturated heterocycles. The van der Waals surface area contributed by atoms with Crippen molar-refractivity contribution in [3.05, 3.63) is 134 Å². The molecule has 0 saturated carbocycles. The summed E-state index contributed by atoms with van der Waals surface area (Å²) in [6.07, 6.45) is 67.2. The number of rotatable bonds is 64. The van der Waals surface area contributed by atoms with Crippen molar-refractivity contribution in [1.82, 2.24) is 5.32 Å². The molecule has 17 atom stereocenters. The van der Waals surface area contributed by atoms with E-state index in [4.69, 9.17) is 28.4 Å². The third-order valence-corrected chi connectivity index (χ3v) is 19.7. The van der Waals surface area contributed by atoms with Gasteiger partial charge in [0.1, 0.15) is 73.2 Å². The Hall–Kier alpha value is -4.07. The fourth-order valence-corrected chi connectivity index (χ4v) is 13.1. The molecule has 0 spiro atoms. The second-order valence-corrected chi connectivity index (χ2v) is 28.8. The van der Waals surface area contributed by atoms with Crippen LogP contribution in [0.15, 0.2) is 134 Å². The molecule has 19 nitrogen and oxygen atoms in total. The number of aliphatic hydroxyl groups excluding tert-OH is 11. The van der Waals surface area contributed by atoms with Gasteiger partial charge in [-0.05, 0) is 109 Å². The number of hydrogen-bond donors (Lipinski definition) is 12. The lowest BCUT2D eigenvalue weighted by Crippen LogP contribution is -2.66. The van der Waals surface area contributed by atoms with E-state index in [1.807, 2.05) is 6.08 Å². The van der Waals surface area contributed by atoms with Gasteiger partial charge >= 0.3 is 0 Å². The lowest BCUT2D eigenvalue weighted by molar-refractivity contribution is -0.379. The van der Waals surface area contributed by atoms with E-state index in [1.165, 1.54) is 135 Å². The molecule has 0 aliphatic carbocycles. The van der Waals surface area contributed by atoms with Gasteiger partial charge in [0, 0.05) is 6.42 Å². The Labute approximate surface area is 639 Å². The lowest BCUT2D eigenvalue weighted by Gasteiger charge is -2.48. The molecule has 17 unspecified atom stereocenters. The maximum Gasteiger partial charge on any atom is 0.220 e. The quantitative estimate of drug-likeness (QED) is 0.0199. The first-order valence-electron chi connectivity index (χ1n) is 41.4. The Kier molecular flexibility index (Phi) is 59.5. The molecule has 0 aromatic heterocycles. The molecule has 0 aromatic carbocycles. The van der Waals surface area contributed by atoms with Gasteiger partial charge in [-0.15, -0.1) is 0 Å². The van der Waals surface area contributed by atoms with Crippen LogP contribution in [0.4, 0.5) is 0 Å². The summed E-state index contributed by atoms with van der Waals surface area (Å²) >= 11 is 0. The average molecular weight is 1500 g/mol. The monoisotopic (exact) mass is 1490 g/mol. The normalized spacial score (nSPS) is 26.4. The van der Waals surface area contributed by atoms with Crippen LogP contribution in [-0.4, -0.2) is 193 Å². The van der Waals surface area contributed by atoms with Crippen LogP contribution in [0, 0.1) is 0 Å². The van der Waals surface area contributed by atoms with Crippen LogP contribution in [0.5, 0.6) is 0 Å². The predicted molar refractivity (Wildman–Crippen MR) is 424 cm³/mol. The van der Waals surface area contributed by atoms with Gasteiger partial charge in [0.25, 0.3) is 0 Å². The highest BCUT2D eigenvalue weighted by Gasteiger charge is 2.54. The lowest BCUT2D eigenvalue weighted by atomic mass is 9.96. The van der Waals surface area contributed by atoms with E-state index in [9.17, 15) is 61.0 Å². The van der Waals surface area contributed by atoms with E-state index in [1.54, 1.807) is 6.08 Å². The van der Waals surface area contributed by atoms with Crippen molar-refractivity contribution >= 4 is 5.91 Å². The topological polar surface area (TPSA) is 307 Å². The predicted octanol–water partition coefficient (Wildman–Crippen LogP) is 14.4. The van der Waals surface area contributed by atoms with Crippen LogP contribution >= 0.6 is 0 Å². The maximum atomic E-state index is 13.5. The highest BCUT2D eigenvalue weighted by molar-refractivity contribution is 5.76. The third kappa shape index (κ3) is 44.7. The molecular weight excluding hydrogens is 1350 g/mol. The Morgan fingerprint density at radius 1 is 0.349 bits per heavy atom. The molecule has 3 fully saturated rings. The molecule has 0 radical (unpaired) electrons. The van der Waals surface area contributed by atoms with E-state index >= 15 is 0 Å². The molecule has 3 rings (SSSR count). The minimum atomic E-state index is -1.99. The number of amides is 1. The fourth-order valence-electron chi connectivity index (χ4n) is 13.1. The van der Waals surface area contributed by atoms with E-state index in [0.29, 0.717) is 12.8 Å². The zero-order valence-corrected chi connectivity index (χ0v) is 65.1. The zero-order valence-electron chi connectivity index (χ0n) is 65.1. The molecule has 19 heteroatoms. The minimum Gasteiger partial charge on any atom is -0.394 e. The van der Waals surface area contributed by atoms with Gasteiger partial charge in [0.05, 0.1) is 38.6 Å². The first-order valence-corrected chi connectivity index (χ1v) is 41.4. The maximum absolute atomic E-state index is 13.5. The highest BCUT2D eigenvalue weighted by atomic mass is 16.8. The number of ether oxygens (including phenoxy) is 6. The molecule has 0 bridgehead atoms. The van der Waals surface area contributed by atoms with Crippen LogP contribution in [0.2, 0.25) is 0 Å². The SMILES string of the molecule is CC/C=C\C/C=C\C/C=C\C/C=C\C/C=C\C/C=C\C/C=C\C/C=C\CCCCCCCCCCCCC(=O)NC(COC1OC(CO)C(OC2OC(CO)C(OC3OC(CO)C(O)C(O)C3O)C(O)C2O)C(O)C1O)C(O)/C=C/CC/C=C/CC/C=C/CCCCCCCCCCCCCCCCCC. The Balaban J connectivity index is 1.38. The summed E-state index contributed by atoms with van der Waals surface area (Å²) < 4.78 is 34.4. The van der Waals surface area contributed by atoms with Gasteiger partial charge in [0.15, 0.2) is 18.9 Å². The smallest absolute Gasteiger partial charge is 0.220 e. The van der Waals surface area contributed by atoms with E-state index in [2.05, 4.69) is 141 Å². The minimum absolute atomic E-state index is 0.218. The summed E-state index contributed by atoms with van der Waals surface area (Å²) in [4.78, 5) is 13.5. The molecular formula is C87H147NO18. The Morgan fingerprint density at radius 3 is 1.06 bits per heavy atom. The van der Waals surface area contributed by atoms with Crippen LogP contribution in [0.25, 0.3) is 0 Å². The summed E-state index contributed by atoms with van der Waals surface area (Å²) in [5.74, 6) is -0.298. The largest absolute Gasteiger partial charge is 0.394 e. The van der Waals surface area contributed by atoms with Crippen LogP contribution in [0.3, 0.4) is 0 Å². The first kappa shape index (κ1) is 96.1. The van der Waals surface area contributed by atoms with Gasteiger partial charge in [-0.25, -0.2) is 0 Å². The molecule has 1 amide bonds. The number of carbonyl (C=O) groups is 1. The molecule has 3 heterocycles. The van der Waals surface area contributed by atoms with Gasteiger partial charge in [-0.3, -0.25) is 4.79 Å². The van der Waals surface area contributed by atoms with Gasteiger partial charge in [-0.2, -0.15) is 0 Å². The summed E-state index contributed by atoms with van der Waals surface area (Å²) in [5.41, 5.74) is 0. The third-order valence-electron chi connectivity index (χ3n) is 19.7. The second-order valence-electron chi connectivity index (χ2n) is 28.8. The molecule has 3 aliphatic heterocycles. The molecule has 12 N–H and O–H groups in total. The summed E-state index contributed by atoms with van der Waals surface area (Å²) in [6, 6.07) is -1.01. The number of nitrogens with one attached hydrogen (secondary N) is 1. The molecule has 106 heavy (non-hydrogen) atoms. The first-order chi connectivity index (χ1) is 51.8. The fraction of sp³-hybridized carbons (Fsp3) is 0.736. The summed E-state index contributed by atoms with van der Waals surface area (Å²) in [5, 5.41) is 121. The van der Waals surface area contributed by atoms with Crippen LogP contribution in [0.1, 0.15) is 277 Å². The molecule has 3 aliphatic rings. The number of aliphatic hydroxyl groups is 11. The molecule has 608 valence electrons. The van der Waals surface area contributed by atoms with Crippen LogP contribution < -0.4 is 5.32 Å². The Morgan fingerprint density at radius 2 is 0.660 bits per heavy atom. The van der Waals surface area contributed by atoms with Crippen molar-refractivity contribution < 1.29 is 89.4 Å². The number of carbonyl (C=O) groups excluding carboxylic acids is 1. The van der Waals surface area contributed by atoms with Gasteiger partial charge < -0.3 is 89.9 Å². The summed E-state index contributed by atoms with van der Waals surface area (Å²) in [7, 11) is 0. The van der Waals surface area contributed by atoms with Crippen molar-refractivity contribution in [2.75, 3.05) is 26.4 Å². The molecule has 0 aromatic rings. The average Bonchev–Trinajstić information content (AvgIpc) is 0.779. The highest BCUT2D eigenvalue weighted by Crippen LogP contribution is 2.33.